The van der Waals surface area contributed by atoms with Crippen LogP contribution in [-0.4, -0.2) is 103 Å². The lowest BCUT2D eigenvalue weighted by Gasteiger charge is -2.43. The molecule has 0 heterocycles. The van der Waals surface area contributed by atoms with Gasteiger partial charge in [-0.05, 0) is 51.4 Å². The summed E-state index contributed by atoms with van der Waals surface area (Å²) in [7, 11) is -10.7. The van der Waals surface area contributed by atoms with Crippen molar-refractivity contribution in [1.82, 2.24) is 0 Å². The molecule has 0 spiro atoms. The van der Waals surface area contributed by atoms with E-state index in [0.29, 0.717) is 12.8 Å². The molecule has 378 valence electrons. The summed E-state index contributed by atoms with van der Waals surface area (Å²) in [5, 5.41) is 41.2. The van der Waals surface area contributed by atoms with Crippen LogP contribution in [0.4, 0.5) is 0 Å². The Kier molecular flexibility index (Phi) is 35.5. The van der Waals surface area contributed by atoms with E-state index in [2.05, 4.69) is 67.0 Å². The third-order valence-electron chi connectivity index (χ3n) is 10.9. The predicted molar refractivity (Wildman–Crippen MR) is 250 cm³/mol. The molecule has 0 aromatic carbocycles. The summed E-state index contributed by atoms with van der Waals surface area (Å²) in [6.45, 7) is 2.98. The van der Waals surface area contributed by atoms with Crippen molar-refractivity contribution in [3.05, 3.63) is 48.6 Å². The second kappa shape index (κ2) is 37.9. The molecular weight excluding hydrogens is 882 g/mol. The lowest BCUT2D eigenvalue weighted by molar-refractivity contribution is -0.216. The molecule has 65 heavy (non-hydrogen) atoms. The third kappa shape index (κ3) is 32.4. The number of aliphatic hydroxyl groups excluding tert-OH is 4. The maximum absolute atomic E-state index is 13.0. The number of rotatable bonds is 40. The van der Waals surface area contributed by atoms with E-state index in [-0.39, 0.29) is 12.8 Å². The minimum Gasteiger partial charge on any atom is -0.462 e. The van der Waals surface area contributed by atoms with Crippen molar-refractivity contribution in [2.45, 2.75) is 224 Å². The molecule has 1 fully saturated rings. The summed E-state index contributed by atoms with van der Waals surface area (Å²) in [6.07, 6.45) is 27.8. The Morgan fingerprint density at radius 3 is 1.43 bits per heavy atom. The van der Waals surface area contributed by atoms with Gasteiger partial charge in [0.1, 0.15) is 43.2 Å². The van der Waals surface area contributed by atoms with Crippen LogP contribution in [0.25, 0.3) is 0 Å². The third-order valence-corrected chi connectivity index (χ3v) is 12.4. The van der Waals surface area contributed by atoms with E-state index in [9.17, 15) is 53.8 Å². The van der Waals surface area contributed by atoms with Gasteiger partial charge in [0.2, 0.25) is 0 Å². The molecule has 0 saturated heterocycles. The highest BCUT2D eigenvalue weighted by Gasteiger charge is 2.54. The highest BCUT2D eigenvalue weighted by molar-refractivity contribution is 7.47. The normalized spacial score (nSPS) is 22.0. The number of esters is 2. The fraction of sp³-hybridized carbons (Fsp3) is 0.787. The summed E-state index contributed by atoms with van der Waals surface area (Å²) in [6, 6.07) is 0. The van der Waals surface area contributed by atoms with Gasteiger partial charge in [-0.1, -0.05) is 165 Å². The van der Waals surface area contributed by atoms with E-state index in [1.54, 1.807) is 0 Å². The largest absolute Gasteiger partial charge is 0.472 e. The van der Waals surface area contributed by atoms with Gasteiger partial charge in [0.05, 0.1) is 6.61 Å². The zero-order chi connectivity index (χ0) is 48.2. The molecule has 0 radical (unpaired) electrons. The van der Waals surface area contributed by atoms with Gasteiger partial charge in [-0.3, -0.25) is 23.2 Å². The highest BCUT2D eigenvalue weighted by atomic mass is 31.2. The van der Waals surface area contributed by atoms with Gasteiger partial charge in [0, 0.05) is 12.8 Å². The second-order valence-electron chi connectivity index (χ2n) is 16.8. The fourth-order valence-electron chi connectivity index (χ4n) is 7.19. The standard InChI is InChI=1S/C47H84O16P2/c1-3-5-7-9-11-13-15-17-19-20-22-23-25-27-29-31-33-35-40(48)59-37-39(61-41(49)36-34-32-30-28-26-24-21-18-16-14-12-10-8-6-4-2)38-60-65(57,58)63-47-44(52)42(50)43(51)46(45(47)53)62-64(54,55)56/h5,7,11,13,17,19,22-23,39,42-47,50-53H,3-4,6,8-10,12,14-16,18,20-21,24-38H2,1-2H3,(H,57,58)(H2,54,55,56). The van der Waals surface area contributed by atoms with Crippen LogP contribution in [0.1, 0.15) is 181 Å². The van der Waals surface area contributed by atoms with E-state index in [1.807, 2.05) is 0 Å². The molecule has 18 heteroatoms. The molecule has 0 aromatic rings. The van der Waals surface area contributed by atoms with E-state index >= 15 is 0 Å². The molecule has 1 rings (SSSR count). The maximum atomic E-state index is 13.0. The molecule has 8 atom stereocenters. The first-order valence-corrected chi connectivity index (χ1v) is 27.2. The van der Waals surface area contributed by atoms with Gasteiger partial charge in [-0.15, -0.1) is 0 Å². The van der Waals surface area contributed by atoms with Crippen LogP contribution < -0.4 is 0 Å². The van der Waals surface area contributed by atoms with Gasteiger partial charge in [0.15, 0.2) is 6.10 Å². The number of hydrogen-bond acceptors (Lipinski definition) is 13. The summed E-state index contributed by atoms with van der Waals surface area (Å²) in [5.41, 5.74) is 0. The number of aliphatic hydroxyl groups is 4. The molecule has 1 aliphatic rings. The topological polar surface area (TPSA) is 256 Å². The first-order valence-electron chi connectivity index (χ1n) is 24.2. The van der Waals surface area contributed by atoms with Crippen LogP contribution in [0.2, 0.25) is 0 Å². The Balaban J connectivity index is 2.59. The van der Waals surface area contributed by atoms with Crippen molar-refractivity contribution in [2.24, 2.45) is 0 Å². The molecule has 0 aromatic heterocycles. The molecule has 0 bridgehead atoms. The van der Waals surface area contributed by atoms with Gasteiger partial charge in [-0.2, -0.15) is 0 Å². The van der Waals surface area contributed by atoms with Crippen molar-refractivity contribution in [3.63, 3.8) is 0 Å². The molecule has 0 aliphatic heterocycles. The summed E-state index contributed by atoms with van der Waals surface area (Å²) in [4.78, 5) is 54.3. The summed E-state index contributed by atoms with van der Waals surface area (Å²) < 4.78 is 49.4. The number of unbranched alkanes of at least 4 members (excludes halogenated alkanes) is 18. The molecule has 1 saturated carbocycles. The lowest BCUT2D eigenvalue weighted by atomic mass is 9.85. The predicted octanol–water partition coefficient (Wildman–Crippen LogP) is 9.29. The van der Waals surface area contributed by atoms with Crippen LogP contribution in [0.3, 0.4) is 0 Å². The fourth-order valence-corrected chi connectivity index (χ4v) is 8.73. The Bertz CT molecular complexity index is 1450. The number of ether oxygens (including phenoxy) is 2. The minimum atomic E-state index is -5.37. The number of carbonyl (C=O) groups is 2. The molecule has 1 aliphatic carbocycles. The SMILES string of the molecule is CCC=CCC=CCC=CCC=CCCCCCCC(=O)OCC(COP(=O)(O)OC1C(O)C(O)C(O)C(OP(=O)(O)O)C1O)OC(=O)CCCCCCCCCCCCCCCCC. The van der Waals surface area contributed by atoms with Crippen LogP contribution in [0, 0.1) is 0 Å². The number of hydrogen-bond donors (Lipinski definition) is 7. The average molecular weight is 967 g/mol. The zero-order valence-electron chi connectivity index (χ0n) is 39.2. The van der Waals surface area contributed by atoms with Crippen LogP contribution in [-0.2, 0) is 41.8 Å². The van der Waals surface area contributed by atoms with Crippen molar-refractivity contribution in [1.29, 1.82) is 0 Å². The summed E-state index contributed by atoms with van der Waals surface area (Å²) >= 11 is 0. The summed E-state index contributed by atoms with van der Waals surface area (Å²) in [5.74, 6) is -1.23. The van der Waals surface area contributed by atoms with Crippen LogP contribution in [0.15, 0.2) is 48.6 Å². The van der Waals surface area contributed by atoms with Gasteiger partial charge < -0.3 is 44.6 Å². The number of phosphoric ester groups is 2. The first-order chi connectivity index (χ1) is 31.1. The van der Waals surface area contributed by atoms with Gasteiger partial charge in [-0.25, -0.2) is 9.13 Å². The maximum Gasteiger partial charge on any atom is 0.472 e. The Labute approximate surface area is 388 Å². The van der Waals surface area contributed by atoms with E-state index in [4.69, 9.17) is 18.5 Å². The molecule has 16 nitrogen and oxygen atoms in total. The van der Waals surface area contributed by atoms with E-state index in [1.165, 1.54) is 64.2 Å². The van der Waals surface area contributed by atoms with Crippen molar-refractivity contribution >= 4 is 27.6 Å². The van der Waals surface area contributed by atoms with E-state index < -0.39 is 83.5 Å². The Morgan fingerprint density at radius 2 is 0.938 bits per heavy atom. The Hall–Kier alpha value is -2.04. The molecule has 8 unspecified atom stereocenters. The Morgan fingerprint density at radius 1 is 0.508 bits per heavy atom. The monoisotopic (exact) mass is 967 g/mol. The zero-order valence-corrected chi connectivity index (χ0v) is 40.9. The van der Waals surface area contributed by atoms with Crippen LogP contribution >= 0.6 is 15.6 Å². The number of allylic oxidation sites excluding steroid dienone is 8. The average Bonchev–Trinajstić information content (AvgIpc) is 3.26. The quantitative estimate of drug-likeness (QED) is 0.0131. The minimum absolute atomic E-state index is 0.0402. The van der Waals surface area contributed by atoms with Gasteiger partial charge >= 0.3 is 27.6 Å². The van der Waals surface area contributed by atoms with Gasteiger partial charge in [0.25, 0.3) is 0 Å². The molecule has 7 N–H and O–H groups in total. The second-order valence-corrected chi connectivity index (χ2v) is 19.4. The number of carbonyl (C=O) groups excluding carboxylic acids is 2. The lowest BCUT2D eigenvalue weighted by Crippen LogP contribution is -2.64. The van der Waals surface area contributed by atoms with Crippen molar-refractivity contribution < 1.29 is 76.9 Å². The molecule has 0 amide bonds. The smallest absolute Gasteiger partial charge is 0.462 e. The number of phosphoric acid groups is 2. The first kappa shape index (κ1) is 61.0. The van der Waals surface area contributed by atoms with E-state index in [0.717, 1.165) is 77.0 Å². The highest BCUT2D eigenvalue weighted by Crippen LogP contribution is 2.49. The molecular formula is C47H84O16P2. The van der Waals surface area contributed by atoms with Crippen LogP contribution in [0.5, 0.6) is 0 Å². The van der Waals surface area contributed by atoms with Crippen molar-refractivity contribution in [2.75, 3.05) is 13.2 Å². The van der Waals surface area contributed by atoms with Crippen molar-refractivity contribution in [3.8, 4) is 0 Å².